The molecule has 0 aromatic heterocycles. The van der Waals surface area contributed by atoms with Crippen LogP contribution in [-0.2, 0) is 9.53 Å². The van der Waals surface area contributed by atoms with Crippen molar-refractivity contribution in [3.8, 4) is 0 Å². The quantitative estimate of drug-likeness (QED) is 0.751. The van der Waals surface area contributed by atoms with E-state index in [1.165, 1.54) is 4.90 Å². The van der Waals surface area contributed by atoms with E-state index in [4.69, 9.17) is 16.3 Å². The predicted molar refractivity (Wildman–Crippen MR) is 71.1 cm³/mol. The van der Waals surface area contributed by atoms with Crippen molar-refractivity contribution in [2.24, 2.45) is 0 Å². The number of hydrogen-bond acceptors (Lipinski definition) is 4. The number of β-amino-alcohol motifs (C(OH)–C–C–N with tert-alkyl or cyclic N) is 1. The highest BCUT2D eigenvalue weighted by Crippen LogP contribution is 2.22. The van der Waals surface area contributed by atoms with Crippen LogP contribution < -0.4 is 5.32 Å². The van der Waals surface area contributed by atoms with Gasteiger partial charge in [-0.3, -0.25) is 4.79 Å². The van der Waals surface area contributed by atoms with Gasteiger partial charge in [-0.25, -0.2) is 4.79 Å². The lowest BCUT2D eigenvalue weighted by atomic mass is 10.0. The summed E-state index contributed by atoms with van der Waals surface area (Å²) in [5, 5.41) is 12.8. The van der Waals surface area contributed by atoms with Crippen molar-refractivity contribution in [3.63, 3.8) is 0 Å². The third-order valence-electron chi connectivity index (χ3n) is 2.72. The summed E-state index contributed by atoms with van der Waals surface area (Å²) in [5.74, 6) is -0.489. The fourth-order valence-electron chi connectivity index (χ4n) is 1.79. The van der Waals surface area contributed by atoms with Crippen LogP contribution in [0.15, 0.2) is 0 Å². The molecule has 6 nitrogen and oxygen atoms in total. The molecule has 0 aromatic carbocycles. The summed E-state index contributed by atoms with van der Waals surface area (Å²) in [6.45, 7) is 5.99. The molecule has 19 heavy (non-hydrogen) atoms. The minimum Gasteiger partial charge on any atom is -0.444 e. The Morgan fingerprint density at radius 1 is 1.47 bits per heavy atom. The molecule has 1 heterocycles. The molecule has 1 atom stereocenters. The zero-order chi connectivity index (χ0) is 14.7. The largest absolute Gasteiger partial charge is 0.444 e. The van der Waals surface area contributed by atoms with Crippen molar-refractivity contribution in [2.45, 2.75) is 38.4 Å². The second kappa shape index (κ2) is 5.96. The molecule has 0 bridgehead atoms. The first-order valence-corrected chi connectivity index (χ1v) is 6.72. The molecule has 1 rings (SSSR count). The second-order valence-corrected chi connectivity index (χ2v) is 6.05. The monoisotopic (exact) mass is 292 g/mol. The number of aliphatic hydroxyl groups is 1. The van der Waals surface area contributed by atoms with Gasteiger partial charge in [-0.1, -0.05) is 0 Å². The average Bonchev–Trinajstić information content (AvgIpc) is 2.67. The van der Waals surface area contributed by atoms with E-state index in [-0.39, 0.29) is 24.9 Å². The van der Waals surface area contributed by atoms with Gasteiger partial charge in [-0.05, 0) is 27.2 Å². The number of rotatable bonds is 3. The average molecular weight is 293 g/mol. The third kappa shape index (κ3) is 5.24. The number of nitrogens with one attached hydrogen (secondary N) is 1. The Balaban J connectivity index is 2.48. The van der Waals surface area contributed by atoms with Crippen LogP contribution in [0.25, 0.3) is 0 Å². The summed E-state index contributed by atoms with van der Waals surface area (Å²) in [6, 6.07) is 0. The Kier molecular flexibility index (Phi) is 5.04. The molecular weight excluding hydrogens is 272 g/mol. The molecule has 0 aliphatic carbocycles. The van der Waals surface area contributed by atoms with Crippen molar-refractivity contribution < 1.29 is 19.4 Å². The molecule has 0 radical (unpaired) electrons. The molecule has 1 unspecified atom stereocenters. The Morgan fingerprint density at radius 2 is 2.11 bits per heavy atom. The number of hydrogen-bond donors (Lipinski definition) is 2. The van der Waals surface area contributed by atoms with Crippen molar-refractivity contribution in [1.29, 1.82) is 0 Å². The van der Waals surface area contributed by atoms with E-state index in [1.807, 2.05) is 0 Å². The maximum absolute atomic E-state index is 11.8. The second-order valence-electron chi connectivity index (χ2n) is 5.79. The number of carbonyl (C=O) groups excluding carboxylic acids is 2. The fourth-order valence-corrected chi connectivity index (χ4v) is 1.89. The summed E-state index contributed by atoms with van der Waals surface area (Å²) >= 11 is 5.36. The Labute approximate surface area is 118 Å². The zero-order valence-corrected chi connectivity index (χ0v) is 12.3. The topological polar surface area (TPSA) is 78.9 Å². The van der Waals surface area contributed by atoms with Crippen LogP contribution in [0.3, 0.4) is 0 Å². The third-order valence-corrected chi connectivity index (χ3v) is 2.96. The van der Waals surface area contributed by atoms with Gasteiger partial charge in [0, 0.05) is 13.1 Å². The first-order valence-electron chi connectivity index (χ1n) is 6.18. The zero-order valence-electron chi connectivity index (χ0n) is 11.5. The predicted octanol–water partition coefficient (Wildman–Crippen LogP) is 0.713. The van der Waals surface area contributed by atoms with E-state index >= 15 is 0 Å². The maximum atomic E-state index is 11.8. The van der Waals surface area contributed by atoms with Gasteiger partial charge in [0.25, 0.3) is 0 Å². The van der Waals surface area contributed by atoms with Crippen molar-refractivity contribution in [1.82, 2.24) is 10.2 Å². The van der Waals surface area contributed by atoms with Crippen molar-refractivity contribution >= 4 is 23.6 Å². The standard InChI is InChI=1S/C12H21ClN2O4/c1-11(2,3)19-10(17)15-5-4-12(18,8-15)7-14-9(16)6-13/h18H,4-8H2,1-3H3,(H,14,16). The van der Waals surface area contributed by atoms with Crippen molar-refractivity contribution in [2.75, 3.05) is 25.5 Å². The minimum atomic E-state index is -1.11. The molecule has 2 amide bonds. The maximum Gasteiger partial charge on any atom is 0.410 e. The summed E-state index contributed by atoms with van der Waals surface area (Å²) in [4.78, 5) is 24.3. The molecule has 1 fully saturated rings. The lowest BCUT2D eigenvalue weighted by molar-refractivity contribution is -0.119. The highest BCUT2D eigenvalue weighted by atomic mass is 35.5. The van der Waals surface area contributed by atoms with Gasteiger partial charge in [0.05, 0.1) is 6.54 Å². The van der Waals surface area contributed by atoms with E-state index in [9.17, 15) is 14.7 Å². The number of alkyl halides is 1. The van der Waals surface area contributed by atoms with E-state index in [0.717, 1.165) is 0 Å². The molecule has 0 spiro atoms. The van der Waals surface area contributed by atoms with E-state index < -0.39 is 17.3 Å². The summed E-state index contributed by atoms with van der Waals surface area (Å²) < 4.78 is 5.23. The van der Waals surface area contributed by atoms with E-state index in [1.54, 1.807) is 20.8 Å². The van der Waals surface area contributed by atoms with Gasteiger partial charge < -0.3 is 20.1 Å². The number of halogens is 1. The van der Waals surface area contributed by atoms with Gasteiger partial charge in [-0.15, -0.1) is 11.6 Å². The molecule has 1 aliphatic rings. The highest BCUT2D eigenvalue weighted by molar-refractivity contribution is 6.27. The van der Waals surface area contributed by atoms with Crippen LogP contribution in [0.5, 0.6) is 0 Å². The summed E-state index contributed by atoms with van der Waals surface area (Å²) in [6.07, 6.45) is -0.0541. The van der Waals surface area contributed by atoms with Gasteiger partial charge in [-0.2, -0.15) is 0 Å². The van der Waals surface area contributed by atoms with Crippen LogP contribution in [-0.4, -0.2) is 58.7 Å². The summed E-state index contributed by atoms with van der Waals surface area (Å²) in [7, 11) is 0. The molecule has 1 saturated heterocycles. The van der Waals surface area contributed by atoms with E-state index in [2.05, 4.69) is 5.32 Å². The van der Waals surface area contributed by atoms with Crippen LogP contribution in [0.2, 0.25) is 0 Å². The van der Waals surface area contributed by atoms with Crippen LogP contribution >= 0.6 is 11.6 Å². The number of ether oxygens (including phenoxy) is 1. The fraction of sp³-hybridized carbons (Fsp3) is 0.833. The van der Waals surface area contributed by atoms with Gasteiger partial charge >= 0.3 is 6.09 Å². The molecule has 110 valence electrons. The summed E-state index contributed by atoms with van der Waals surface area (Å²) in [5.41, 5.74) is -1.68. The molecule has 1 aliphatic heterocycles. The van der Waals surface area contributed by atoms with Crippen LogP contribution in [0.1, 0.15) is 27.2 Å². The number of nitrogens with zero attached hydrogens (tertiary/aromatic N) is 1. The first-order chi connectivity index (χ1) is 8.65. The number of carbonyl (C=O) groups is 2. The Bertz CT molecular complexity index is 356. The number of likely N-dealkylation sites (tertiary alicyclic amines) is 1. The molecular formula is C12H21ClN2O4. The van der Waals surface area contributed by atoms with E-state index in [0.29, 0.717) is 13.0 Å². The van der Waals surface area contributed by atoms with Gasteiger partial charge in [0.2, 0.25) is 5.91 Å². The minimum absolute atomic E-state index is 0.0812. The van der Waals surface area contributed by atoms with Crippen LogP contribution in [0.4, 0.5) is 4.79 Å². The Hall–Kier alpha value is -1.01. The lowest BCUT2D eigenvalue weighted by Crippen LogP contribution is -2.46. The number of amides is 2. The van der Waals surface area contributed by atoms with Crippen LogP contribution in [0, 0.1) is 0 Å². The van der Waals surface area contributed by atoms with Gasteiger partial charge in [0.1, 0.15) is 17.1 Å². The molecule has 0 aromatic rings. The Morgan fingerprint density at radius 3 is 2.63 bits per heavy atom. The highest BCUT2D eigenvalue weighted by Gasteiger charge is 2.39. The molecule has 0 saturated carbocycles. The SMILES string of the molecule is CC(C)(C)OC(=O)N1CCC(O)(CNC(=O)CCl)C1. The van der Waals surface area contributed by atoms with Crippen molar-refractivity contribution in [3.05, 3.63) is 0 Å². The van der Waals surface area contributed by atoms with Gasteiger partial charge in [0.15, 0.2) is 0 Å². The molecule has 2 N–H and O–H groups in total. The normalized spacial score (nSPS) is 23.3. The molecule has 7 heteroatoms. The first kappa shape index (κ1) is 16.0. The lowest BCUT2D eigenvalue weighted by Gasteiger charge is -2.26. The smallest absolute Gasteiger partial charge is 0.410 e.